The lowest BCUT2D eigenvalue weighted by atomic mass is 10.0. The van der Waals surface area contributed by atoms with E-state index in [4.69, 9.17) is 5.11 Å². The molecule has 1 aliphatic heterocycles. The lowest BCUT2D eigenvalue weighted by Gasteiger charge is -2.33. The smallest absolute Gasteiger partial charge is 0.326 e. The third kappa shape index (κ3) is 2.18. The number of hydrogen-bond donors (Lipinski definition) is 1. The Morgan fingerprint density at radius 2 is 2.11 bits per heavy atom. The zero-order chi connectivity index (χ0) is 13.3. The standard InChI is InChI=1S/C12H11F2NO3/c13-7-4-5-9(8(14)6-7)15-10(12(17)18)2-1-3-11(15)16/h4-6,10H,1-3H2,(H,17,18). The van der Waals surface area contributed by atoms with E-state index < -0.39 is 29.6 Å². The Balaban J connectivity index is 2.43. The number of piperidine rings is 1. The maximum Gasteiger partial charge on any atom is 0.326 e. The van der Waals surface area contributed by atoms with Gasteiger partial charge in [-0.15, -0.1) is 0 Å². The summed E-state index contributed by atoms with van der Waals surface area (Å²) >= 11 is 0. The van der Waals surface area contributed by atoms with Gasteiger partial charge in [-0.3, -0.25) is 9.69 Å². The predicted molar refractivity (Wildman–Crippen MR) is 59.1 cm³/mol. The van der Waals surface area contributed by atoms with Crippen LogP contribution in [0.5, 0.6) is 0 Å². The lowest BCUT2D eigenvalue weighted by Crippen LogP contribution is -2.48. The number of nitrogens with zero attached hydrogens (tertiary/aromatic N) is 1. The molecule has 1 saturated heterocycles. The van der Waals surface area contributed by atoms with Crippen LogP contribution in [-0.4, -0.2) is 23.0 Å². The molecule has 1 aromatic rings. The highest BCUT2D eigenvalue weighted by Crippen LogP contribution is 2.28. The second-order valence-corrected chi connectivity index (χ2v) is 4.11. The number of anilines is 1. The third-order valence-corrected chi connectivity index (χ3v) is 2.90. The summed E-state index contributed by atoms with van der Waals surface area (Å²) in [5.41, 5.74) is -0.187. The maximum atomic E-state index is 13.6. The number of aliphatic carboxylic acids is 1. The van der Waals surface area contributed by atoms with Gasteiger partial charge in [0, 0.05) is 12.5 Å². The molecule has 1 fully saturated rings. The summed E-state index contributed by atoms with van der Waals surface area (Å²) < 4.78 is 26.4. The lowest BCUT2D eigenvalue weighted by molar-refractivity contribution is -0.141. The van der Waals surface area contributed by atoms with Gasteiger partial charge in [0.25, 0.3) is 0 Å². The summed E-state index contributed by atoms with van der Waals surface area (Å²) in [5.74, 6) is -3.35. The van der Waals surface area contributed by atoms with Crippen molar-refractivity contribution in [1.29, 1.82) is 0 Å². The average molecular weight is 255 g/mol. The summed E-state index contributed by atoms with van der Waals surface area (Å²) in [7, 11) is 0. The van der Waals surface area contributed by atoms with E-state index in [0.29, 0.717) is 12.5 Å². The minimum atomic E-state index is -1.19. The molecule has 18 heavy (non-hydrogen) atoms. The second kappa shape index (κ2) is 4.72. The maximum absolute atomic E-state index is 13.6. The van der Waals surface area contributed by atoms with Gasteiger partial charge in [0.15, 0.2) is 0 Å². The molecule has 6 heteroatoms. The van der Waals surface area contributed by atoms with Crippen molar-refractivity contribution in [2.24, 2.45) is 0 Å². The van der Waals surface area contributed by atoms with E-state index in [9.17, 15) is 18.4 Å². The minimum absolute atomic E-state index is 0.167. The first-order chi connectivity index (χ1) is 8.50. The van der Waals surface area contributed by atoms with Crippen molar-refractivity contribution in [3.05, 3.63) is 29.8 Å². The van der Waals surface area contributed by atoms with Crippen LogP contribution in [0.3, 0.4) is 0 Å². The van der Waals surface area contributed by atoms with Gasteiger partial charge in [-0.05, 0) is 25.0 Å². The fourth-order valence-corrected chi connectivity index (χ4v) is 2.08. The number of carbonyl (C=O) groups is 2. The molecule has 2 rings (SSSR count). The van der Waals surface area contributed by atoms with Crippen LogP contribution in [-0.2, 0) is 9.59 Å². The first-order valence-corrected chi connectivity index (χ1v) is 5.50. The van der Waals surface area contributed by atoms with E-state index in [-0.39, 0.29) is 18.5 Å². The van der Waals surface area contributed by atoms with Crippen LogP contribution in [0.4, 0.5) is 14.5 Å². The van der Waals surface area contributed by atoms with E-state index in [0.717, 1.165) is 17.0 Å². The van der Waals surface area contributed by atoms with E-state index in [1.807, 2.05) is 0 Å². The van der Waals surface area contributed by atoms with Gasteiger partial charge in [-0.25, -0.2) is 13.6 Å². The Morgan fingerprint density at radius 3 is 2.72 bits per heavy atom. The van der Waals surface area contributed by atoms with Gasteiger partial charge >= 0.3 is 5.97 Å². The van der Waals surface area contributed by atoms with Crippen LogP contribution >= 0.6 is 0 Å². The molecule has 1 heterocycles. The monoisotopic (exact) mass is 255 g/mol. The molecule has 1 aliphatic rings. The van der Waals surface area contributed by atoms with Gasteiger partial charge in [0.1, 0.15) is 17.7 Å². The molecule has 0 saturated carbocycles. The van der Waals surface area contributed by atoms with Gasteiger partial charge in [0.2, 0.25) is 5.91 Å². The van der Waals surface area contributed by atoms with E-state index in [1.165, 1.54) is 0 Å². The number of benzene rings is 1. The van der Waals surface area contributed by atoms with Crippen molar-refractivity contribution in [2.75, 3.05) is 4.90 Å². The molecule has 0 aliphatic carbocycles. The summed E-state index contributed by atoms with van der Waals surface area (Å²) in [6.45, 7) is 0. The number of carboxylic acid groups (broad SMARTS) is 1. The topological polar surface area (TPSA) is 57.6 Å². The number of halogens is 2. The molecule has 0 spiro atoms. The van der Waals surface area contributed by atoms with Crippen molar-refractivity contribution >= 4 is 17.6 Å². The van der Waals surface area contributed by atoms with Crippen LogP contribution in [0.15, 0.2) is 18.2 Å². The minimum Gasteiger partial charge on any atom is -0.480 e. The Bertz CT molecular complexity index is 504. The molecule has 1 atom stereocenters. The summed E-state index contributed by atoms with van der Waals surface area (Å²) in [4.78, 5) is 23.7. The molecule has 0 radical (unpaired) electrons. The third-order valence-electron chi connectivity index (χ3n) is 2.90. The van der Waals surface area contributed by atoms with Gasteiger partial charge in [0.05, 0.1) is 5.69 Å². The number of hydrogen-bond acceptors (Lipinski definition) is 2. The van der Waals surface area contributed by atoms with Crippen molar-refractivity contribution in [3.63, 3.8) is 0 Å². The SMILES string of the molecule is O=C(O)C1CCCC(=O)N1c1ccc(F)cc1F. The first kappa shape index (κ1) is 12.5. The van der Waals surface area contributed by atoms with Crippen LogP contribution < -0.4 is 4.90 Å². The molecule has 1 N–H and O–H groups in total. The fraction of sp³-hybridized carbons (Fsp3) is 0.333. The highest BCUT2D eigenvalue weighted by molar-refractivity contribution is 6.00. The quantitative estimate of drug-likeness (QED) is 0.878. The molecular weight excluding hydrogens is 244 g/mol. The van der Waals surface area contributed by atoms with Crippen molar-refractivity contribution in [2.45, 2.75) is 25.3 Å². The summed E-state index contributed by atoms with van der Waals surface area (Å²) in [6, 6.07) is 1.63. The van der Waals surface area contributed by atoms with Crippen LogP contribution in [0.2, 0.25) is 0 Å². The van der Waals surface area contributed by atoms with Crippen molar-refractivity contribution in [1.82, 2.24) is 0 Å². The first-order valence-electron chi connectivity index (χ1n) is 5.50. The van der Waals surface area contributed by atoms with Gasteiger partial charge in [-0.1, -0.05) is 0 Å². The van der Waals surface area contributed by atoms with Crippen molar-refractivity contribution < 1.29 is 23.5 Å². The molecule has 96 valence electrons. The molecule has 0 bridgehead atoms. The Morgan fingerprint density at radius 1 is 1.39 bits per heavy atom. The summed E-state index contributed by atoms with van der Waals surface area (Å²) in [6.07, 6.45) is 0.883. The highest BCUT2D eigenvalue weighted by atomic mass is 19.1. The van der Waals surface area contributed by atoms with Gasteiger partial charge in [-0.2, -0.15) is 0 Å². The number of carboxylic acids is 1. The predicted octanol–water partition coefficient (Wildman–Crippen LogP) is 1.93. The fourth-order valence-electron chi connectivity index (χ4n) is 2.08. The largest absolute Gasteiger partial charge is 0.480 e. The van der Waals surface area contributed by atoms with Gasteiger partial charge < -0.3 is 5.11 Å². The zero-order valence-electron chi connectivity index (χ0n) is 9.40. The second-order valence-electron chi connectivity index (χ2n) is 4.11. The van der Waals surface area contributed by atoms with E-state index >= 15 is 0 Å². The van der Waals surface area contributed by atoms with E-state index in [2.05, 4.69) is 0 Å². The van der Waals surface area contributed by atoms with Crippen LogP contribution in [0.25, 0.3) is 0 Å². The normalized spacial score (nSPS) is 20.0. The molecule has 1 amide bonds. The molecule has 4 nitrogen and oxygen atoms in total. The Kier molecular flexibility index (Phi) is 3.27. The Labute approximate surface area is 102 Å². The molecule has 1 aromatic carbocycles. The van der Waals surface area contributed by atoms with E-state index in [1.54, 1.807) is 0 Å². The van der Waals surface area contributed by atoms with Crippen LogP contribution in [0.1, 0.15) is 19.3 Å². The number of carbonyl (C=O) groups excluding carboxylic acids is 1. The molecule has 1 unspecified atom stereocenters. The summed E-state index contributed by atoms with van der Waals surface area (Å²) in [5, 5.41) is 9.04. The molecular formula is C12H11F2NO3. The van der Waals surface area contributed by atoms with Crippen molar-refractivity contribution in [3.8, 4) is 0 Å². The average Bonchev–Trinajstić information content (AvgIpc) is 2.29. The van der Waals surface area contributed by atoms with Crippen LogP contribution in [0, 0.1) is 11.6 Å². The number of amides is 1. The Hall–Kier alpha value is -1.98. The number of rotatable bonds is 2. The highest BCUT2D eigenvalue weighted by Gasteiger charge is 2.35. The zero-order valence-corrected chi connectivity index (χ0v) is 9.40. The molecule has 0 aromatic heterocycles.